The zero-order valence-electron chi connectivity index (χ0n) is 13.2. The molecule has 24 heavy (non-hydrogen) atoms. The van der Waals surface area contributed by atoms with Gasteiger partial charge in [0.25, 0.3) is 0 Å². The van der Waals surface area contributed by atoms with Crippen molar-refractivity contribution in [3.05, 3.63) is 48.0 Å². The van der Waals surface area contributed by atoms with Gasteiger partial charge in [-0.15, -0.1) is 0 Å². The molecule has 1 unspecified atom stereocenters. The van der Waals surface area contributed by atoms with Crippen molar-refractivity contribution in [1.29, 1.82) is 0 Å². The Kier molecular flexibility index (Phi) is 4.64. The lowest BCUT2D eigenvalue weighted by molar-refractivity contribution is 0.0650. The topological polar surface area (TPSA) is 59.4 Å². The molecule has 0 radical (unpaired) electrons. The van der Waals surface area contributed by atoms with Gasteiger partial charge < -0.3 is 15.0 Å². The maximum Gasteiger partial charge on any atom is 0.319 e. The lowest BCUT2D eigenvalue weighted by Crippen LogP contribution is -2.42. The van der Waals surface area contributed by atoms with Crippen molar-refractivity contribution in [2.75, 3.05) is 13.6 Å². The molecule has 8 heteroatoms. The Balaban J connectivity index is 1.50. The van der Waals surface area contributed by atoms with Crippen LogP contribution in [-0.2, 0) is 13.0 Å². The lowest BCUT2D eigenvalue weighted by atomic mass is 10.1. The molecule has 128 valence electrons. The molecule has 6 nitrogen and oxygen atoms in total. The molecule has 0 saturated carbocycles. The predicted octanol–water partition coefficient (Wildman–Crippen LogP) is 2.42. The quantitative estimate of drug-likeness (QED) is 0.912. The molecule has 1 N–H and O–H groups in total. The molecule has 2 heterocycles. The molecule has 0 saturated heterocycles. The van der Waals surface area contributed by atoms with Crippen molar-refractivity contribution in [3.63, 3.8) is 0 Å². The van der Waals surface area contributed by atoms with Gasteiger partial charge in [-0.1, -0.05) is 18.2 Å². The third-order valence-electron chi connectivity index (χ3n) is 3.88. The number of hydrogen-bond donors (Lipinski definition) is 1. The number of nitrogens with one attached hydrogen (secondary N) is 1. The smallest absolute Gasteiger partial charge is 0.319 e. The van der Waals surface area contributed by atoms with Gasteiger partial charge in [0, 0.05) is 25.9 Å². The molecular formula is C16H18F2N4O2. The minimum absolute atomic E-state index is 0.00504. The van der Waals surface area contributed by atoms with Crippen molar-refractivity contribution in [2.45, 2.75) is 25.6 Å². The Morgan fingerprint density at radius 1 is 1.50 bits per heavy atom. The van der Waals surface area contributed by atoms with Gasteiger partial charge >= 0.3 is 12.6 Å². The second kappa shape index (κ2) is 6.86. The van der Waals surface area contributed by atoms with Crippen LogP contribution >= 0.6 is 0 Å². The Hall–Kier alpha value is -2.64. The first-order chi connectivity index (χ1) is 11.5. The maximum absolute atomic E-state index is 12.8. The van der Waals surface area contributed by atoms with Crippen LogP contribution in [-0.4, -0.2) is 40.2 Å². The molecule has 1 aromatic carbocycles. The first kappa shape index (κ1) is 16.2. The second-order valence-corrected chi connectivity index (χ2v) is 5.62. The molecular weight excluding hydrogens is 318 g/mol. The predicted molar refractivity (Wildman–Crippen MR) is 82.9 cm³/mol. The van der Waals surface area contributed by atoms with Crippen LogP contribution in [0.2, 0.25) is 0 Å². The largest absolute Gasteiger partial charge is 0.488 e. The summed E-state index contributed by atoms with van der Waals surface area (Å²) >= 11 is 0. The fourth-order valence-corrected chi connectivity index (χ4v) is 2.63. The Bertz CT molecular complexity index is 695. The summed E-state index contributed by atoms with van der Waals surface area (Å²) < 4.78 is 32.0. The average molecular weight is 336 g/mol. The Morgan fingerprint density at radius 3 is 3.04 bits per heavy atom. The zero-order chi connectivity index (χ0) is 17.1. The van der Waals surface area contributed by atoms with E-state index in [-0.39, 0.29) is 24.5 Å². The fraction of sp³-hybridized carbons (Fsp3) is 0.375. The fourth-order valence-electron chi connectivity index (χ4n) is 2.63. The normalized spacial score (nSPS) is 15.9. The van der Waals surface area contributed by atoms with E-state index in [0.29, 0.717) is 6.54 Å². The van der Waals surface area contributed by atoms with Crippen LogP contribution in [0.5, 0.6) is 5.75 Å². The highest BCUT2D eigenvalue weighted by Crippen LogP contribution is 2.27. The van der Waals surface area contributed by atoms with E-state index in [1.165, 1.54) is 24.3 Å². The number of fused-ring (bicyclic) bond motifs is 1. The molecule has 0 bridgehead atoms. The average Bonchev–Trinajstić information content (AvgIpc) is 3.18. The first-order valence-electron chi connectivity index (χ1n) is 7.58. The molecule has 1 aromatic heterocycles. The number of carbonyl (C=O) groups excluding carboxylic acids is 1. The summed E-state index contributed by atoms with van der Waals surface area (Å²) in [6, 6.07) is 7.38. The third kappa shape index (κ3) is 3.47. The van der Waals surface area contributed by atoms with Gasteiger partial charge in [0.2, 0.25) is 0 Å². The number of alkyl halides is 2. The van der Waals surface area contributed by atoms with Crippen LogP contribution in [0.25, 0.3) is 0 Å². The number of aromatic nitrogens is 2. The highest BCUT2D eigenvalue weighted by atomic mass is 19.3. The van der Waals surface area contributed by atoms with E-state index >= 15 is 0 Å². The summed E-state index contributed by atoms with van der Waals surface area (Å²) in [5.41, 5.74) is 1.11. The van der Waals surface area contributed by atoms with Gasteiger partial charge in [-0.3, -0.25) is 4.57 Å². The van der Waals surface area contributed by atoms with E-state index in [1.54, 1.807) is 0 Å². The van der Waals surface area contributed by atoms with Gasteiger partial charge in [-0.05, 0) is 11.6 Å². The number of para-hydroxylation sites is 1. The minimum atomic E-state index is -2.68. The van der Waals surface area contributed by atoms with E-state index < -0.39 is 6.55 Å². The maximum atomic E-state index is 12.8. The second-order valence-electron chi connectivity index (χ2n) is 5.62. The van der Waals surface area contributed by atoms with Crippen molar-refractivity contribution in [1.82, 2.24) is 19.8 Å². The van der Waals surface area contributed by atoms with Crippen LogP contribution in [0.1, 0.15) is 17.9 Å². The molecule has 0 spiro atoms. The van der Waals surface area contributed by atoms with Crippen LogP contribution in [0, 0.1) is 0 Å². The van der Waals surface area contributed by atoms with Crippen LogP contribution in [0.15, 0.2) is 36.7 Å². The highest BCUT2D eigenvalue weighted by molar-refractivity contribution is 5.73. The number of rotatable bonds is 5. The molecule has 0 fully saturated rings. The number of hydrogen-bond acceptors (Lipinski definition) is 3. The van der Waals surface area contributed by atoms with Crippen LogP contribution in [0.4, 0.5) is 13.6 Å². The molecule has 1 atom stereocenters. The summed E-state index contributed by atoms with van der Waals surface area (Å²) in [7, 11) is 1.53. The Morgan fingerprint density at radius 2 is 2.29 bits per heavy atom. The molecule has 0 aliphatic carbocycles. The Labute approximate surface area is 138 Å². The molecule has 1 aliphatic heterocycles. The van der Waals surface area contributed by atoms with Crippen LogP contribution < -0.4 is 10.1 Å². The highest BCUT2D eigenvalue weighted by Gasteiger charge is 2.23. The number of ether oxygens (including phenoxy) is 1. The molecule has 3 rings (SSSR count). The number of amides is 2. The van der Waals surface area contributed by atoms with Crippen molar-refractivity contribution >= 4 is 6.03 Å². The summed E-state index contributed by atoms with van der Waals surface area (Å²) in [6.07, 6.45) is 3.09. The van der Waals surface area contributed by atoms with E-state index in [4.69, 9.17) is 4.74 Å². The number of benzene rings is 1. The van der Waals surface area contributed by atoms with Gasteiger partial charge in [0.1, 0.15) is 17.7 Å². The summed E-state index contributed by atoms with van der Waals surface area (Å²) in [6.45, 7) is -2.33. The van der Waals surface area contributed by atoms with E-state index in [9.17, 15) is 13.6 Å². The van der Waals surface area contributed by atoms with Crippen molar-refractivity contribution < 1.29 is 18.3 Å². The SMILES string of the molecule is CN(Cc1nccn1C(F)F)C(=O)NCC1Cc2ccccc2O1. The van der Waals surface area contributed by atoms with Gasteiger partial charge in [-0.25, -0.2) is 9.78 Å². The summed E-state index contributed by atoms with van der Waals surface area (Å²) in [5.74, 6) is 0.969. The van der Waals surface area contributed by atoms with Gasteiger partial charge in [0.05, 0.1) is 13.1 Å². The summed E-state index contributed by atoms with van der Waals surface area (Å²) in [5, 5.41) is 2.76. The van der Waals surface area contributed by atoms with Crippen molar-refractivity contribution in [3.8, 4) is 5.75 Å². The number of urea groups is 1. The van der Waals surface area contributed by atoms with E-state index in [1.807, 2.05) is 24.3 Å². The standard InChI is InChI=1S/C16H18F2N4O2/c1-21(10-14-19-6-7-22(14)15(17)18)16(23)20-9-12-8-11-4-2-3-5-13(11)24-12/h2-7,12,15H,8-10H2,1H3,(H,20,23). The monoisotopic (exact) mass is 336 g/mol. The number of nitrogens with zero attached hydrogens (tertiary/aromatic N) is 3. The first-order valence-corrected chi connectivity index (χ1v) is 7.58. The number of carbonyl (C=O) groups is 1. The molecule has 2 aromatic rings. The number of imidazole rings is 1. The van der Waals surface area contributed by atoms with E-state index in [2.05, 4.69) is 10.3 Å². The van der Waals surface area contributed by atoms with Crippen molar-refractivity contribution in [2.24, 2.45) is 0 Å². The zero-order valence-corrected chi connectivity index (χ0v) is 13.2. The van der Waals surface area contributed by atoms with Crippen LogP contribution in [0.3, 0.4) is 0 Å². The molecule has 1 aliphatic rings. The lowest BCUT2D eigenvalue weighted by Gasteiger charge is -2.19. The van der Waals surface area contributed by atoms with Gasteiger partial charge in [0.15, 0.2) is 0 Å². The third-order valence-corrected chi connectivity index (χ3v) is 3.88. The van der Waals surface area contributed by atoms with Gasteiger partial charge in [-0.2, -0.15) is 8.78 Å². The summed E-state index contributed by atoms with van der Waals surface area (Å²) in [4.78, 5) is 17.3. The number of halogens is 2. The minimum Gasteiger partial charge on any atom is -0.488 e. The van der Waals surface area contributed by atoms with E-state index in [0.717, 1.165) is 22.3 Å². The molecule has 2 amide bonds.